The molecule has 0 saturated carbocycles. The van der Waals surface area contributed by atoms with Crippen LogP contribution < -0.4 is 10.3 Å². The summed E-state index contributed by atoms with van der Waals surface area (Å²) in [5, 5.41) is 19.8. The van der Waals surface area contributed by atoms with Crippen LogP contribution in [0.1, 0.15) is 22.0 Å². The number of hydrogen-bond acceptors (Lipinski definition) is 5. The number of nitrogens with zero attached hydrogens (tertiary/aromatic N) is 1. The SMILES string of the molecule is [2H]C1([2H])CCN(c2ccc(-c3cc(=O)c4ccc(O)c(O)c4o3)cc2)CC1. The number of anilines is 1. The minimum atomic E-state index is -1.10. The average molecular weight is 339 g/mol. The van der Waals surface area contributed by atoms with Crippen molar-refractivity contribution >= 4 is 16.7 Å². The molecule has 2 heterocycles. The van der Waals surface area contributed by atoms with Crippen LogP contribution in [0.25, 0.3) is 22.3 Å². The lowest BCUT2D eigenvalue weighted by Gasteiger charge is -2.28. The molecule has 5 heteroatoms. The number of aromatic hydroxyl groups is 2. The average Bonchev–Trinajstić information content (AvgIpc) is 2.65. The van der Waals surface area contributed by atoms with Crippen molar-refractivity contribution in [2.24, 2.45) is 0 Å². The number of phenols is 2. The van der Waals surface area contributed by atoms with E-state index < -0.39 is 12.1 Å². The standard InChI is InChI=1S/C20H19NO4/c22-16-9-8-15-17(23)12-18(25-20(15)19(16)24)13-4-6-14(7-5-13)21-10-2-1-3-11-21/h4-9,12,22,24H,1-3,10-11H2/i1D2. The molecular weight excluding hydrogens is 318 g/mol. The van der Waals surface area contributed by atoms with Crippen molar-refractivity contribution in [3.63, 3.8) is 0 Å². The fourth-order valence-electron chi connectivity index (χ4n) is 3.10. The van der Waals surface area contributed by atoms with E-state index in [1.165, 1.54) is 18.2 Å². The second-order valence-electron chi connectivity index (χ2n) is 6.07. The predicted octanol–water partition coefficient (Wildman–Crippen LogP) is 3.86. The number of fused-ring (bicyclic) bond motifs is 1. The Morgan fingerprint density at radius 2 is 1.76 bits per heavy atom. The molecule has 5 nitrogen and oxygen atoms in total. The summed E-state index contributed by atoms with van der Waals surface area (Å²) in [4.78, 5) is 14.4. The van der Waals surface area contributed by atoms with Crippen molar-refractivity contribution in [3.8, 4) is 22.8 Å². The zero-order valence-electron chi connectivity index (χ0n) is 15.5. The molecular formula is C20H19NO4. The van der Waals surface area contributed by atoms with Crippen LogP contribution in [0.2, 0.25) is 0 Å². The Morgan fingerprint density at radius 1 is 1.04 bits per heavy atom. The predicted molar refractivity (Wildman–Crippen MR) is 97.3 cm³/mol. The van der Waals surface area contributed by atoms with E-state index in [1.54, 1.807) is 0 Å². The molecule has 1 aliphatic heterocycles. The molecule has 0 bridgehead atoms. The lowest BCUT2D eigenvalue weighted by atomic mass is 10.1. The fraction of sp³-hybridized carbons (Fsp3) is 0.250. The van der Waals surface area contributed by atoms with Gasteiger partial charge in [0.15, 0.2) is 16.8 Å². The summed E-state index contributed by atoms with van der Waals surface area (Å²) in [6.45, 7) is 1.31. The second kappa shape index (κ2) is 6.16. The highest BCUT2D eigenvalue weighted by Crippen LogP contribution is 2.34. The van der Waals surface area contributed by atoms with Gasteiger partial charge in [-0.3, -0.25) is 4.79 Å². The third-order valence-electron chi connectivity index (χ3n) is 4.48. The lowest BCUT2D eigenvalue weighted by Crippen LogP contribution is -2.29. The second-order valence-corrected chi connectivity index (χ2v) is 6.07. The molecule has 0 spiro atoms. The maximum absolute atomic E-state index is 12.3. The van der Waals surface area contributed by atoms with Crippen LogP contribution >= 0.6 is 0 Å². The molecule has 128 valence electrons. The summed E-state index contributed by atoms with van der Waals surface area (Å²) < 4.78 is 21.3. The highest BCUT2D eigenvalue weighted by molar-refractivity contribution is 5.86. The van der Waals surface area contributed by atoms with Crippen LogP contribution in [0.4, 0.5) is 5.69 Å². The normalized spacial score (nSPS) is 18.0. The first-order valence-corrected chi connectivity index (χ1v) is 8.18. The number of piperidine rings is 1. The molecule has 1 saturated heterocycles. The number of phenolic OH excluding ortho intramolecular Hbond substituents is 2. The first-order chi connectivity index (χ1) is 12.8. The molecule has 0 unspecified atom stereocenters. The van der Waals surface area contributed by atoms with Gasteiger partial charge in [0, 0.05) is 33.1 Å². The molecule has 1 fully saturated rings. The monoisotopic (exact) mass is 339 g/mol. The van der Waals surface area contributed by atoms with Gasteiger partial charge in [-0.2, -0.15) is 0 Å². The molecule has 4 rings (SSSR count). The summed E-state index contributed by atoms with van der Waals surface area (Å²) in [5.74, 6) is -0.497. The molecule has 0 atom stereocenters. The molecule has 1 aromatic heterocycles. The van der Waals surface area contributed by atoms with Gasteiger partial charge in [0.25, 0.3) is 0 Å². The van der Waals surface area contributed by atoms with E-state index in [9.17, 15) is 15.0 Å². The van der Waals surface area contributed by atoms with Gasteiger partial charge in [-0.25, -0.2) is 0 Å². The zero-order valence-corrected chi connectivity index (χ0v) is 13.5. The highest BCUT2D eigenvalue weighted by atomic mass is 16.4. The van der Waals surface area contributed by atoms with E-state index in [4.69, 9.17) is 7.16 Å². The van der Waals surface area contributed by atoms with Gasteiger partial charge in [0.1, 0.15) is 5.76 Å². The van der Waals surface area contributed by atoms with Gasteiger partial charge in [-0.15, -0.1) is 0 Å². The van der Waals surface area contributed by atoms with Crippen LogP contribution in [-0.4, -0.2) is 23.3 Å². The van der Waals surface area contributed by atoms with Gasteiger partial charge in [-0.1, -0.05) is 0 Å². The zero-order chi connectivity index (χ0) is 19.2. The number of rotatable bonds is 2. The Labute approximate surface area is 147 Å². The van der Waals surface area contributed by atoms with Crippen molar-refractivity contribution in [1.82, 2.24) is 0 Å². The maximum atomic E-state index is 12.3. The smallest absolute Gasteiger partial charge is 0.201 e. The minimum absolute atomic E-state index is 0.0418. The molecule has 25 heavy (non-hydrogen) atoms. The number of hydrogen-bond donors (Lipinski definition) is 2. The topological polar surface area (TPSA) is 73.9 Å². The summed E-state index contributed by atoms with van der Waals surface area (Å²) in [7, 11) is 0. The minimum Gasteiger partial charge on any atom is -0.504 e. The number of benzene rings is 2. The van der Waals surface area contributed by atoms with Gasteiger partial charge >= 0.3 is 0 Å². The quantitative estimate of drug-likeness (QED) is 0.694. The van der Waals surface area contributed by atoms with Crippen LogP contribution in [0.15, 0.2) is 51.7 Å². The molecule has 3 aromatic rings. The Morgan fingerprint density at radius 3 is 2.48 bits per heavy atom. The summed E-state index contributed by atoms with van der Waals surface area (Å²) >= 11 is 0. The van der Waals surface area contributed by atoms with Crippen molar-refractivity contribution in [3.05, 3.63) is 52.7 Å². The van der Waals surface area contributed by atoms with Gasteiger partial charge in [0.2, 0.25) is 5.75 Å². The van der Waals surface area contributed by atoms with Crippen molar-refractivity contribution in [2.75, 3.05) is 18.0 Å². The Balaban J connectivity index is 1.66. The van der Waals surface area contributed by atoms with Crippen LogP contribution in [0.5, 0.6) is 11.5 Å². The summed E-state index contributed by atoms with van der Waals surface area (Å²) in [6, 6.07) is 11.5. The van der Waals surface area contributed by atoms with E-state index in [1.807, 2.05) is 24.3 Å². The van der Waals surface area contributed by atoms with Gasteiger partial charge in [-0.05, 0) is 55.6 Å². The van der Waals surface area contributed by atoms with E-state index >= 15 is 0 Å². The molecule has 1 aliphatic rings. The molecule has 0 radical (unpaired) electrons. The lowest BCUT2D eigenvalue weighted by molar-refractivity contribution is 0.400. The van der Waals surface area contributed by atoms with Gasteiger partial charge < -0.3 is 19.5 Å². The van der Waals surface area contributed by atoms with E-state index in [-0.39, 0.29) is 22.1 Å². The summed E-state index contributed by atoms with van der Waals surface area (Å²) in [5.41, 5.74) is 1.31. The van der Waals surface area contributed by atoms with Crippen LogP contribution in [0, 0.1) is 0 Å². The Kier molecular flexibility index (Phi) is 3.29. The third kappa shape index (κ3) is 2.82. The van der Waals surface area contributed by atoms with Crippen molar-refractivity contribution in [2.45, 2.75) is 19.2 Å². The third-order valence-corrected chi connectivity index (χ3v) is 4.48. The van der Waals surface area contributed by atoms with Crippen LogP contribution in [-0.2, 0) is 0 Å². The molecule has 2 aromatic carbocycles. The van der Waals surface area contributed by atoms with Crippen LogP contribution in [0.3, 0.4) is 0 Å². The summed E-state index contributed by atoms with van der Waals surface area (Å²) in [6.07, 6.45) is -0.105. The molecule has 0 aliphatic carbocycles. The van der Waals surface area contributed by atoms with E-state index in [0.29, 0.717) is 37.3 Å². The Hall–Kier alpha value is -2.95. The first-order valence-electron chi connectivity index (χ1n) is 9.18. The van der Waals surface area contributed by atoms with E-state index in [2.05, 4.69) is 4.90 Å². The molecule has 0 amide bonds. The van der Waals surface area contributed by atoms with Gasteiger partial charge in [0.05, 0.1) is 5.39 Å². The fourth-order valence-corrected chi connectivity index (χ4v) is 3.10. The molecule has 2 N–H and O–H groups in total. The van der Waals surface area contributed by atoms with E-state index in [0.717, 1.165) is 5.69 Å². The Bertz CT molecular complexity index is 1050. The maximum Gasteiger partial charge on any atom is 0.201 e. The van der Waals surface area contributed by atoms with Crippen molar-refractivity contribution in [1.29, 1.82) is 0 Å². The first kappa shape index (κ1) is 13.4. The van der Waals surface area contributed by atoms with Crippen molar-refractivity contribution < 1.29 is 17.4 Å². The highest BCUT2D eigenvalue weighted by Gasteiger charge is 2.14. The largest absolute Gasteiger partial charge is 0.504 e.